The third-order valence-corrected chi connectivity index (χ3v) is 6.67. The van der Waals surface area contributed by atoms with Crippen LogP contribution < -0.4 is 5.32 Å². The molecule has 0 aliphatic heterocycles. The zero-order valence-corrected chi connectivity index (χ0v) is 19.2. The lowest BCUT2D eigenvalue weighted by Gasteiger charge is -2.11. The van der Waals surface area contributed by atoms with Gasteiger partial charge >= 0.3 is 11.7 Å². The van der Waals surface area contributed by atoms with Crippen molar-refractivity contribution in [1.29, 1.82) is 0 Å². The van der Waals surface area contributed by atoms with Crippen LogP contribution in [0, 0.1) is 0 Å². The number of carbonyl (C=O) groups excluding carboxylic acids is 1. The van der Waals surface area contributed by atoms with Crippen LogP contribution >= 0.6 is 0 Å². The molecule has 0 fully saturated rings. The van der Waals surface area contributed by atoms with Gasteiger partial charge in [-0.15, -0.1) is 0 Å². The molecule has 1 amide bonds. The summed E-state index contributed by atoms with van der Waals surface area (Å²) in [4.78, 5) is 15.8. The summed E-state index contributed by atoms with van der Waals surface area (Å²) in [6, 6.07) is 7.56. The normalized spacial score (nSPS) is 12.8. The summed E-state index contributed by atoms with van der Waals surface area (Å²) in [6.45, 7) is 0. The first-order valence-electron chi connectivity index (χ1n) is 10.2. The second-order valence-electron chi connectivity index (χ2n) is 7.67. The highest BCUT2D eigenvalue weighted by Gasteiger charge is 2.47. The smallest absolute Gasteiger partial charge is 0.322 e. The minimum absolute atomic E-state index is 0.0139. The highest BCUT2D eigenvalue weighted by atomic mass is 32.2. The number of nitrogens with zero attached hydrogens (tertiary/aromatic N) is 3. The topological polar surface area (TPSA) is 93.4 Å². The Balaban J connectivity index is 1.74. The number of rotatable bonds is 5. The van der Waals surface area contributed by atoms with Crippen molar-refractivity contribution in [2.45, 2.75) is 23.0 Å². The molecule has 0 aliphatic carbocycles. The van der Waals surface area contributed by atoms with Crippen molar-refractivity contribution >= 4 is 27.1 Å². The molecular weight excluding hydrogens is 552 g/mol. The van der Waals surface area contributed by atoms with E-state index in [2.05, 4.69) is 15.4 Å². The van der Waals surface area contributed by atoms with Crippen LogP contribution in [0.25, 0.3) is 16.9 Å². The van der Waals surface area contributed by atoms with Gasteiger partial charge in [0.1, 0.15) is 11.3 Å². The second kappa shape index (κ2) is 9.34. The number of sulfone groups is 1. The Bertz CT molecular complexity index is 1630. The van der Waals surface area contributed by atoms with Crippen LogP contribution in [0.15, 0.2) is 65.7 Å². The van der Waals surface area contributed by atoms with Gasteiger partial charge in [-0.3, -0.25) is 4.79 Å². The van der Waals surface area contributed by atoms with Crippen molar-refractivity contribution in [2.24, 2.45) is 0 Å². The summed E-state index contributed by atoms with van der Waals surface area (Å²) < 4.78 is 129. The van der Waals surface area contributed by atoms with Crippen molar-refractivity contribution in [3.63, 3.8) is 0 Å². The molecule has 0 spiro atoms. The lowest BCUT2D eigenvalue weighted by atomic mass is 10.1. The molecule has 38 heavy (non-hydrogen) atoms. The number of nitrogens with one attached hydrogen (secondary N) is 1. The number of hydrogen-bond acceptors (Lipinski definition) is 5. The predicted molar refractivity (Wildman–Crippen MR) is 116 cm³/mol. The lowest BCUT2D eigenvalue weighted by Crippen LogP contribution is -2.23. The van der Waals surface area contributed by atoms with E-state index in [9.17, 15) is 48.3 Å². The Hall–Kier alpha value is -4.08. The predicted octanol–water partition coefficient (Wildman–Crippen LogP) is 5.90. The molecule has 4 rings (SSSR count). The first kappa shape index (κ1) is 27.0. The zero-order chi connectivity index (χ0) is 28.0. The van der Waals surface area contributed by atoms with Gasteiger partial charge in [-0.25, -0.2) is 26.7 Å². The number of benzene rings is 2. The Morgan fingerprint density at radius 3 is 2.18 bits per heavy atom. The van der Waals surface area contributed by atoms with Crippen LogP contribution in [0.5, 0.6) is 0 Å². The number of halogens is 8. The minimum atomic E-state index is -5.72. The van der Waals surface area contributed by atoms with E-state index in [1.165, 1.54) is 0 Å². The molecule has 0 bridgehead atoms. The van der Waals surface area contributed by atoms with Gasteiger partial charge in [0.25, 0.3) is 22.2 Å². The standard InChI is InChI=1S/C22H12F8N4O3S/c23-18(24)17-9-16(11-4-6-12(7-5-11)21(25,26)27)33-19-15(10-31-34(17)19)20(35)32-13-2-1-3-14(8-13)38(36,37)22(28,29)30/h1-10,18H,(H,32,35). The first-order chi connectivity index (χ1) is 17.6. The average Bonchev–Trinajstić information content (AvgIpc) is 3.26. The van der Waals surface area contributed by atoms with Crippen LogP contribution in [-0.2, 0) is 16.0 Å². The van der Waals surface area contributed by atoms with E-state index >= 15 is 0 Å². The monoisotopic (exact) mass is 564 g/mol. The molecule has 0 atom stereocenters. The van der Waals surface area contributed by atoms with Gasteiger partial charge in [0.15, 0.2) is 5.65 Å². The number of carbonyl (C=O) groups is 1. The van der Waals surface area contributed by atoms with Crippen molar-refractivity contribution in [3.8, 4) is 11.3 Å². The molecule has 2 heterocycles. The van der Waals surface area contributed by atoms with Gasteiger partial charge in [0, 0.05) is 11.3 Å². The molecule has 200 valence electrons. The second-order valence-corrected chi connectivity index (χ2v) is 9.61. The van der Waals surface area contributed by atoms with Crippen LogP contribution in [0.2, 0.25) is 0 Å². The first-order valence-corrected chi connectivity index (χ1v) is 11.6. The maximum Gasteiger partial charge on any atom is 0.501 e. The highest BCUT2D eigenvalue weighted by molar-refractivity contribution is 7.92. The number of alkyl halides is 8. The minimum Gasteiger partial charge on any atom is -0.322 e. The van der Waals surface area contributed by atoms with Crippen LogP contribution in [0.3, 0.4) is 0 Å². The van der Waals surface area contributed by atoms with Gasteiger partial charge in [-0.2, -0.15) is 31.4 Å². The molecule has 16 heteroatoms. The lowest BCUT2D eigenvalue weighted by molar-refractivity contribution is -0.137. The summed E-state index contributed by atoms with van der Waals surface area (Å²) in [5, 5.41) is 5.85. The number of anilines is 1. The molecule has 1 N–H and O–H groups in total. The van der Waals surface area contributed by atoms with E-state index in [-0.39, 0.29) is 16.9 Å². The average molecular weight is 564 g/mol. The summed E-state index contributed by atoms with van der Waals surface area (Å²) in [6.07, 6.45) is -6.94. The van der Waals surface area contributed by atoms with Gasteiger partial charge in [-0.1, -0.05) is 18.2 Å². The largest absolute Gasteiger partial charge is 0.501 e. The molecule has 0 saturated heterocycles. The zero-order valence-electron chi connectivity index (χ0n) is 18.3. The Labute approximate surface area is 207 Å². The number of fused-ring (bicyclic) bond motifs is 1. The van der Waals surface area contributed by atoms with Crippen molar-refractivity contribution in [1.82, 2.24) is 14.6 Å². The fraction of sp³-hybridized carbons (Fsp3) is 0.136. The molecule has 4 aromatic rings. The Morgan fingerprint density at radius 2 is 1.61 bits per heavy atom. The van der Waals surface area contributed by atoms with Crippen molar-refractivity contribution < 1.29 is 48.3 Å². The number of hydrogen-bond donors (Lipinski definition) is 1. The van der Waals surface area contributed by atoms with Gasteiger partial charge in [0.2, 0.25) is 0 Å². The molecule has 0 radical (unpaired) electrons. The van der Waals surface area contributed by atoms with Crippen LogP contribution in [-0.4, -0.2) is 34.4 Å². The molecule has 0 aliphatic rings. The molecule has 2 aromatic carbocycles. The SMILES string of the molecule is O=C(Nc1cccc(S(=O)(=O)C(F)(F)F)c1)c1cnn2c(C(F)F)cc(-c3ccc(C(F)(F)F)cc3)nc12. The Kier molecular flexibility index (Phi) is 6.63. The molecule has 0 unspecified atom stereocenters. The van der Waals surface area contributed by atoms with Gasteiger partial charge in [0.05, 0.1) is 22.3 Å². The summed E-state index contributed by atoms with van der Waals surface area (Å²) in [7, 11) is -5.72. The summed E-state index contributed by atoms with van der Waals surface area (Å²) >= 11 is 0. The van der Waals surface area contributed by atoms with Gasteiger partial charge < -0.3 is 5.32 Å². The number of amides is 1. The highest BCUT2D eigenvalue weighted by Crippen LogP contribution is 2.33. The fourth-order valence-electron chi connectivity index (χ4n) is 3.35. The van der Waals surface area contributed by atoms with E-state index in [1.54, 1.807) is 0 Å². The molecular formula is C22H12F8N4O3S. The summed E-state index contributed by atoms with van der Waals surface area (Å²) in [5.74, 6) is -1.08. The van der Waals surface area contributed by atoms with E-state index in [4.69, 9.17) is 0 Å². The maximum absolute atomic E-state index is 13.7. The van der Waals surface area contributed by atoms with Crippen molar-refractivity contribution in [3.05, 3.63) is 77.6 Å². The fourth-order valence-corrected chi connectivity index (χ4v) is 4.16. The van der Waals surface area contributed by atoms with E-state index in [0.717, 1.165) is 48.7 Å². The third kappa shape index (κ3) is 5.03. The Morgan fingerprint density at radius 1 is 0.947 bits per heavy atom. The number of aromatic nitrogens is 3. The molecule has 0 saturated carbocycles. The van der Waals surface area contributed by atoms with Crippen LogP contribution in [0.4, 0.5) is 40.8 Å². The maximum atomic E-state index is 13.7. The third-order valence-electron chi connectivity index (χ3n) is 5.18. The quantitative estimate of drug-likeness (QED) is 0.305. The molecule has 7 nitrogen and oxygen atoms in total. The van der Waals surface area contributed by atoms with Gasteiger partial charge in [-0.05, 0) is 36.4 Å². The van der Waals surface area contributed by atoms with Crippen LogP contribution in [0.1, 0.15) is 28.0 Å². The van der Waals surface area contributed by atoms with Crippen molar-refractivity contribution in [2.75, 3.05) is 5.32 Å². The molecule has 2 aromatic heterocycles. The van der Waals surface area contributed by atoms with E-state index in [0.29, 0.717) is 16.6 Å². The van der Waals surface area contributed by atoms with E-state index in [1.807, 2.05) is 0 Å². The van der Waals surface area contributed by atoms with E-state index < -0.39 is 61.2 Å². The summed E-state index contributed by atoms with van der Waals surface area (Å²) in [5.41, 5.74) is -8.76.